The van der Waals surface area contributed by atoms with E-state index in [1.54, 1.807) is 0 Å². The normalized spacial score (nSPS) is 11.1. The van der Waals surface area contributed by atoms with Crippen LogP contribution in [0.5, 0.6) is 0 Å². The summed E-state index contributed by atoms with van der Waals surface area (Å²) in [6.45, 7) is 0. The molecule has 0 spiro atoms. The third-order valence-corrected chi connectivity index (χ3v) is 14.5. The average Bonchev–Trinajstić information content (AvgIpc) is 3.52. The molecule has 232 valence electrons. The molecule has 0 fully saturated rings. The molecule has 0 saturated heterocycles. The fourth-order valence-corrected chi connectivity index (χ4v) is 12.5. The molecule has 4 nitrogen and oxygen atoms in total. The van der Waals surface area contributed by atoms with Crippen molar-refractivity contribution < 1.29 is 0 Å². The van der Waals surface area contributed by atoms with E-state index in [1.807, 2.05) is 72.8 Å². The lowest BCUT2D eigenvalue weighted by atomic mass is 9.98. The molecule has 0 aliphatic rings. The zero-order valence-corrected chi connectivity index (χ0v) is 28.0. The number of nitriles is 3. The molecular formula is C45H28N4Si. The molecule has 1 aromatic heterocycles. The molecule has 1 heterocycles. The van der Waals surface area contributed by atoms with Gasteiger partial charge in [-0.05, 0) is 68.8 Å². The van der Waals surface area contributed by atoms with Gasteiger partial charge in [-0.3, -0.25) is 0 Å². The predicted molar refractivity (Wildman–Crippen MR) is 204 cm³/mol. The molecule has 0 amide bonds. The molecule has 0 unspecified atom stereocenters. The number of fused-ring (bicyclic) bond motifs is 3. The predicted octanol–water partition coefficient (Wildman–Crippen LogP) is 7.44. The van der Waals surface area contributed by atoms with Crippen molar-refractivity contribution in [1.82, 2.24) is 4.57 Å². The van der Waals surface area contributed by atoms with Crippen molar-refractivity contribution in [3.63, 3.8) is 0 Å². The van der Waals surface area contributed by atoms with Crippen LogP contribution in [0.15, 0.2) is 170 Å². The topological polar surface area (TPSA) is 76.3 Å². The van der Waals surface area contributed by atoms with Gasteiger partial charge in [-0.15, -0.1) is 0 Å². The van der Waals surface area contributed by atoms with Gasteiger partial charge in [0.2, 0.25) is 0 Å². The number of aromatic nitrogens is 1. The van der Waals surface area contributed by atoms with Gasteiger partial charge in [0.25, 0.3) is 0 Å². The van der Waals surface area contributed by atoms with E-state index in [0.29, 0.717) is 16.7 Å². The first-order valence-corrected chi connectivity index (χ1v) is 18.4. The largest absolute Gasteiger partial charge is 0.309 e. The zero-order valence-electron chi connectivity index (χ0n) is 27.0. The van der Waals surface area contributed by atoms with Crippen LogP contribution in [-0.4, -0.2) is 12.6 Å². The Hall–Kier alpha value is -6.97. The van der Waals surface area contributed by atoms with Crippen molar-refractivity contribution in [3.8, 4) is 35.0 Å². The van der Waals surface area contributed by atoms with Crippen molar-refractivity contribution in [2.45, 2.75) is 0 Å². The average molecular weight is 653 g/mol. The highest BCUT2D eigenvalue weighted by Gasteiger charge is 2.43. The molecule has 8 aromatic rings. The highest BCUT2D eigenvalue weighted by Crippen LogP contribution is 2.37. The van der Waals surface area contributed by atoms with Crippen LogP contribution in [0, 0.1) is 34.0 Å². The fourth-order valence-electron chi connectivity index (χ4n) is 7.55. The van der Waals surface area contributed by atoms with Crippen molar-refractivity contribution in [1.29, 1.82) is 15.8 Å². The van der Waals surface area contributed by atoms with Gasteiger partial charge in [0.05, 0.1) is 39.5 Å². The summed E-state index contributed by atoms with van der Waals surface area (Å²) in [6, 6.07) is 65.1. The van der Waals surface area contributed by atoms with Gasteiger partial charge in [-0.2, -0.15) is 15.8 Å². The van der Waals surface area contributed by atoms with E-state index in [1.165, 1.54) is 15.6 Å². The maximum absolute atomic E-state index is 10.5. The smallest absolute Gasteiger partial charge is 0.180 e. The molecule has 0 bridgehead atoms. The third kappa shape index (κ3) is 4.72. The summed E-state index contributed by atoms with van der Waals surface area (Å²) < 4.78 is 2.26. The second kappa shape index (κ2) is 12.6. The van der Waals surface area contributed by atoms with E-state index in [4.69, 9.17) is 0 Å². The Kier molecular flexibility index (Phi) is 7.63. The Morgan fingerprint density at radius 2 is 0.940 bits per heavy atom. The van der Waals surface area contributed by atoms with E-state index >= 15 is 0 Å². The number of hydrogen-bond donors (Lipinski definition) is 0. The minimum absolute atomic E-state index is 0.332. The monoisotopic (exact) mass is 652 g/mol. The summed E-state index contributed by atoms with van der Waals surface area (Å²) in [5, 5.41) is 37.3. The first kappa shape index (κ1) is 30.4. The Balaban J connectivity index is 1.55. The molecule has 7 aromatic carbocycles. The van der Waals surface area contributed by atoms with Crippen molar-refractivity contribution in [2.24, 2.45) is 0 Å². The Morgan fingerprint density at radius 1 is 0.420 bits per heavy atom. The van der Waals surface area contributed by atoms with Crippen molar-refractivity contribution in [3.05, 3.63) is 187 Å². The first-order chi connectivity index (χ1) is 24.7. The van der Waals surface area contributed by atoms with Gasteiger partial charge < -0.3 is 4.57 Å². The third-order valence-electron chi connectivity index (χ3n) is 9.66. The summed E-state index contributed by atoms with van der Waals surface area (Å²) in [5.41, 5.74) is 6.06. The maximum Gasteiger partial charge on any atom is 0.180 e. The molecule has 5 heteroatoms. The Labute approximate surface area is 291 Å². The molecule has 0 saturated carbocycles. The van der Waals surface area contributed by atoms with Gasteiger partial charge in [0, 0.05) is 16.3 Å². The van der Waals surface area contributed by atoms with Crippen molar-refractivity contribution >= 4 is 50.6 Å². The number of benzene rings is 7. The summed E-state index contributed by atoms with van der Waals surface area (Å²) in [7, 11) is -3.14. The van der Waals surface area contributed by atoms with Crippen LogP contribution in [0.4, 0.5) is 0 Å². The molecule has 0 N–H and O–H groups in total. The highest BCUT2D eigenvalue weighted by atomic mass is 28.3. The maximum atomic E-state index is 10.5. The van der Waals surface area contributed by atoms with E-state index in [-0.39, 0.29) is 0 Å². The lowest BCUT2D eigenvalue weighted by Gasteiger charge is -2.36. The zero-order chi connectivity index (χ0) is 34.1. The second-order valence-electron chi connectivity index (χ2n) is 12.2. The van der Waals surface area contributed by atoms with Crippen LogP contribution in [-0.2, 0) is 0 Å². The number of nitrogens with zero attached hydrogens (tertiary/aromatic N) is 4. The van der Waals surface area contributed by atoms with Crippen LogP contribution in [0.3, 0.4) is 0 Å². The van der Waals surface area contributed by atoms with Crippen LogP contribution in [0.25, 0.3) is 38.6 Å². The van der Waals surface area contributed by atoms with Crippen LogP contribution >= 0.6 is 0 Å². The van der Waals surface area contributed by atoms with E-state index in [2.05, 4.69) is 120 Å². The molecule has 0 aliphatic carbocycles. The van der Waals surface area contributed by atoms with Gasteiger partial charge >= 0.3 is 0 Å². The summed E-state index contributed by atoms with van der Waals surface area (Å²) in [6.07, 6.45) is 0. The Bertz CT molecular complexity index is 2580. The van der Waals surface area contributed by atoms with E-state index < -0.39 is 8.07 Å². The summed E-state index contributed by atoms with van der Waals surface area (Å²) in [4.78, 5) is 0. The number of para-hydroxylation sites is 2. The van der Waals surface area contributed by atoms with Gasteiger partial charge in [0.15, 0.2) is 8.07 Å². The second-order valence-corrected chi connectivity index (χ2v) is 16.0. The molecule has 8 rings (SSSR count). The molecule has 0 aliphatic heterocycles. The van der Waals surface area contributed by atoms with Crippen LogP contribution in [0.1, 0.15) is 16.7 Å². The minimum Gasteiger partial charge on any atom is -0.309 e. The molecule has 0 radical (unpaired) electrons. The first-order valence-electron chi connectivity index (χ1n) is 16.4. The fraction of sp³-hybridized carbons (Fsp3) is 0. The number of rotatable bonds is 6. The standard InChI is InChI=1S/C45H28N4Si/c46-29-32-24-25-44-40(26-32)38-20-10-12-22-42(38)49(44)43-23-13-11-21-39(43)41-27-33(30-47)34(31-48)28-45(41)50(35-14-4-1-5-15-35,36-16-6-2-7-17-36)37-18-8-3-9-19-37/h1-28H. The summed E-state index contributed by atoms with van der Waals surface area (Å²) >= 11 is 0. The van der Waals surface area contributed by atoms with Crippen molar-refractivity contribution in [2.75, 3.05) is 0 Å². The molecule has 50 heavy (non-hydrogen) atoms. The SMILES string of the molecule is N#Cc1ccc2c(c1)c1ccccc1n2-c1ccccc1-c1cc(C#N)c(C#N)cc1[Si](c1ccccc1)(c1ccccc1)c1ccccc1. The highest BCUT2D eigenvalue weighted by molar-refractivity contribution is 7.20. The van der Waals surface area contributed by atoms with Gasteiger partial charge in [-0.1, -0.05) is 127 Å². The van der Waals surface area contributed by atoms with E-state index in [0.717, 1.165) is 43.8 Å². The number of hydrogen-bond acceptors (Lipinski definition) is 3. The van der Waals surface area contributed by atoms with Crippen LogP contribution in [0.2, 0.25) is 0 Å². The van der Waals surface area contributed by atoms with Gasteiger partial charge in [-0.25, -0.2) is 0 Å². The van der Waals surface area contributed by atoms with Gasteiger partial charge in [0.1, 0.15) is 12.1 Å². The van der Waals surface area contributed by atoms with Crippen LogP contribution < -0.4 is 20.7 Å². The quantitative estimate of drug-likeness (QED) is 0.138. The minimum atomic E-state index is -3.14. The lowest BCUT2D eigenvalue weighted by Crippen LogP contribution is -2.75. The summed E-state index contributed by atoms with van der Waals surface area (Å²) in [5.74, 6) is 0. The van der Waals surface area contributed by atoms with E-state index in [9.17, 15) is 15.8 Å². The Morgan fingerprint density at radius 3 is 1.54 bits per heavy atom. The lowest BCUT2D eigenvalue weighted by molar-refractivity contribution is 1.18. The molecular weight excluding hydrogens is 625 g/mol. The molecule has 0 atom stereocenters.